The Morgan fingerprint density at radius 2 is 2.50 bits per heavy atom. The van der Waals surface area contributed by atoms with E-state index in [4.69, 9.17) is 0 Å². The quantitative estimate of drug-likeness (QED) is 0.460. The average molecular weight is 85.1 g/mol. The van der Waals surface area contributed by atoms with Crippen molar-refractivity contribution < 1.29 is 4.74 Å². The van der Waals surface area contributed by atoms with E-state index in [9.17, 15) is 0 Å². The molecule has 0 N–H and O–H groups in total. The summed E-state index contributed by atoms with van der Waals surface area (Å²) in [7, 11) is 1.62. The normalized spacial score (nSPS) is 9.67. The lowest BCUT2D eigenvalue weighted by atomic mass is 10.5. The summed E-state index contributed by atoms with van der Waals surface area (Å²) in [6.07, 6.45) is 4.26. The average Bonchev–Trinajstić information content (AvgIpc) is 1.61. The van der Waals surface area contributed by atoms with E-state index in [-0.39, 0.29) is 0 Å². The largest absolute Gasteiger partial charge is 0.505 e. The number of hydrogen-bond acceptors (Lipinski definition) is 1. The van der Waals surface area contributed by atoms with Crippen molar-refractivity contribution in [1.29, 1.82) is 0 Å². The van der Waals surface area contributed by atoms with Crippen LogP contribution in [0.4, 0.5) is 0 Å². The van der Waals surface area contributed by atoms with Crippen LogP contribution in [0.3, 0.4) is 0 Å². The molecule has 0 fully saturated rings. The fraction of sp³-hybridized carbons (Fsp3) is 0.400. The molecule has 0 amide bonds. The van der Waals surface area contributed by atoms with Crippen LogP contribution in [-0.4, -0.2) is 7.11 Å². The van der Waals surface area contributed by atoms with Crippen molar-refractivity contribution >= 4 is 0 Å². The number of methoxy groups -OCH3 is 1. The second-order valence-electron chi connectivity index (χ2n) is 0.896. The van der Waals surface area contributed by atoms with Crippen molar-refractivity contribution in [2.75, 3.05) is 7.11 Å². The van der Waals surface area contributed by atoms with Gasteiger partial charge < -0.3 is 4.74 Å². The molecule has 0 saturated heterocycles. The molecular formula is C5H9O. The van der Waals surface area contributed by atoms with Crippen LogP contribution in [0.5, 0.6) is 0 Å². The van der Waals surface area contributed by atoms with Gasteiger partial charge in [-0.1, -0.05) is 0 Å². The maximum atomic E-state index is 4.56. The lowest BCUT2D eigenvalue weighted by Crippen LogP contribution is -1.61. The van der Waals surface area contributed by atoms with Crippen molar-refractivity contribution in [2.45, 2.75) is 6.42 Å². The molecular weight excluding hydrogens is 76.1 g/mol. The SMILES string of the molecule is [CH2]CC=COC. The third kappa shape index (κ3) is 3.54. The van der Waals surface area contributed by atoms with Crippen molar-refractivity contribution in [1.82, 2.24) is 0 Å². The predicted molar refractivity (Wildman–Crippen MR) is 26.1 cm³/mol. The molecule has 1 nitrogen and oxygen atoms in total. The molecule has 0 aliphatic heterocycles. The first-order valence-electron chi connectivity index (χ1n) is 1.89. The predicted octanol–water partition coefficient (Wildman–Crippen LogP) is 1.37. The highest BCUT2D eigenvalue weighted by Gasteiger charge is 1.58. The fourth-order valence-corrected chi connectivity index (χ4v) is 0.164. The first-order chi connectivity index (χ1) is 2.91. The van der Waals surface area contributed by atoms with Crippen molar-refractivity contribution in [3.8, 4) is 0 Å². The summed E-state index contributed by atoms with van der Waals surface area (Å²) in [6.45, 7) is 3.56. The van der Waals surface area contributed by atoms with Crippen LogP contribution in [0.15, 0.2) is 12.3 Å². The van der Waals surface area contributed by atoms with Gasteiger partial charge in [-0.3, -0.25) is 0 Å². The molecule has 0 heterocycles. The highest BCUT2D eigenvalue weighted by Crippen LogP contribution is 1.75. The van der Waals surface area contributed by atoms with Gasteiger partial charge >= 0.3 is 0 Å². The number of hydrogen-bond donors (Lipinski definition) is 0. The first kappa shape index (κ1) is 5.54. The summed E-state index contributed by atoms with van der Waals surface area (Å²) in [4.78, 5) is 0. The van der Waals surface area contributed by atoms with Gasteiger partial charge in [0.1, 0.15) is 0 Å². The van der Waals surface area contributed by atoms with Gasteiger partial charge in [-0.05, 0) is 19.4 Å². The second-order valence-corrected chi connectivity index (χ2v) is 0.896. The third-order valence-corrected chi connectivity index (χ3v) is 0.399. The Labute approximate surface area is 38.6 Å². The molecule has 0 atom stereocenters. The number of allylic oxidation sites excluding steroid dienone is 1. The van der Waals surface area contributed by atoms with Crippen LogP contribution in [0, 0.1) is 6.92 Å². The standard InChI is InChI=1S/C5H9O/c1-3-4-5-6-2/h4-5H,1,3H2,2H3. The maximum absolute atomic E-state index is 4.56. The molecule has 0 aromatic heterocycles. The molecule has 0 rings (SSSR count). The molecule has 0 aliphatic carbocycles. The van der Waals surface area contributed by atoms with Crippen LogP contribution >= 0.6 is 0 Å². The van der Waals surface area contributed by atoms with Gasteiger partial charge in [0.15, 0.2) is 0 Å². The minimum Gasteiger partial charge on any atom is -0.505 e. The lowest BCUT2D eigenvalue weighted by molar-refractivity contribution is 0.337. The van der Waals surface area contributed by atoms with Gasteiger partial charge in [0, 0.05) is 0 Å². The minimum atomic E-state index is 0.799. The van der Waals surface area contributed by atoms with Gasteiger partial charge in [0.25, 0.3) is 0 Å². The van der Waals surface area contributed by atoms with E-state index >= 15 is 0 Å². The molecule has 0 aromatic rings. The van der Waals surface area contributed by atoms with E-state index in [0.29, 0.717) is 0 Å². The Hall–Kier alpha value is -0.460. The van der Waals surface area contributed by atoms with Gasteiger partial charge in [0.05, 0.1) is 13.4 Å². The smallest absolute Gasteiger partial charge is 0.0784 e. The van der Waals surface area contributed by atoms with E-state index in [1.54, 1.807) is 13.4 Å². The Balaban J connectivity index is 2.73. The zero-order valence-electron chi connectivity index (χ0n) is 3.98. The molecule has 35 valence electrons. The maximum Gasteiger partial charge on any atom is 0.0784 e. The summed E-state index contributed by atoms with van der Waals surface area (Å²) in [5.41, 5.74) is 0. The van der Waals surface area contributed by atoms with Gasteiger partial charge in [0.2, 0.25) is 0 Å². The summed E-state index contributed by atoms with van der Waals surface area (Å²) in [5, 5.41) is 0. The third-order valence-electron chi connectivity index (χ3n) is 0.399. The van der Waals surface area contributed by atoms with Crippen LogP contribution in [0.2, 0.25) is 0 Å². The van der Waals surface area contributed by atoms with Crippen LogP contribution in [-0.2, 0) is 4.74 Å². The molecule has 0 aliphatic rings. The Morgan fingerprint density at radius 1 is 1.83 bits per heavy atom. The van der Waals surface area contributed by atoms with Crippen LogP contribution in [0.25, 0.3) is 0 Å². The summed E-state index contributed by atoms with van der Waals surface area (Å²) < 4.78 is 4.56. The topological polar surface area (TPSA) is 9.23 Å². The van der Waals surface area contributed by atoms with E-state index in [1.807, 2.05) is 6.08 Å². The van der Waals surface area contributed by atoms with E-state index in [2.05, 4.69) is 11.7 Å². The summed E-state index contributed by atoms with van der Waals surface area (Å²) >= 11 is 0. The lowest BCUT2D eigenvalue weighted by Gasteiger charge is -1.79. The van der Waals surface area contributed by atoms with Crippen LogP contribution in [0.1, 0.15) is 6.42 Å². The van der Waals surface area contributed by atoms with Crippen molar-refractivity contribution in [3.63, 3.8) is 0 Å². The van der Waals surface area contributed by atoms with E-state index in [1.165, 1.54) is 0 Å². The van der Waals surface area contributed by atoms with Gasteiger partial charge in [-0.15, -0.1) is 0 Å². The van der Waals surface area contributed by atoms with Gasteiger partial charge in [-0.25, -0.2) is 0 Å². The first-order valence-corrected chi connectivity index (χ1v) is 1.89. The number of ether oxygens (including phenoxy) is 1. The van der Waals surface area contributed by atoms with Crippen LogP contribution < -0.4 is 0 Å². The molecule has 6 heavy (non-hydrogen) atoms. The van der Waals surface area contributed by atoms with Crippen molar-refractivity contribution in [3.05, 3.63) is 19.3 Å². The zero-order valence-corrected chi connectivity index (χ0v) is 3.98. The molecule has 0 aromatic carbocycles. The molecule has 0 spiro atoms. The molecule has 0 saturated carbocycles. The number of rotatable bonds is 2. The fourth-order valence-electron chi connectivity index (χ4n) is 0.164. The minimum absolute atomic E-state index is 0.799. The van der Waals surface area contributed by atoms with Crippen molar-refractivity contribution in [2.24, 2.45) is 0 Å². The second kappa shape index (κ2) is 4.54. The highest BCUT2D eigenvalue weighted by atomic mass is 16.5. The summed E-state index contributed by atoms with van der Waals surface area (Å²) in [5.74, 6) is 0. The molecule has 1 heteroatoms. The molecule has 0 bridgehead atoms. The summed E-state index contributed by atoms with van der Waals surface area (Å²) in [6, 6.07) is 0. The van der Waals surface area contributed by atoms with E-state index in [0.717, 1.165) is 6.42 Å². The molecule has 0 unspecified atom stereocenters. The zero-order chi connectivity index (χ0) is 4.83. The Morgan fingerprint density at radius 3 is 2.67 bits per heavy atom. The monoisotopic (exact) mass is 85.1 g/mol. The Bertz CT molecular complexity index is 33.2. The van der Waals surface area contributed by atoms with E-state index < -0.39 is 0 Å². The Kier molecular flexibility index (Phi) is 4.19. The molecule has 1 radical (unpaired) electrons. The van der Waals surface area contributed by atoms with Gasteiger partial charge in [-0.2, -0.15) is 0 Å². The highest BCUT2D eigenvalue weighted by molar-refractivity contribution is 4.72.